The van der Waals surface area contributed by atoms with Crippen molar-refractivity contribution < 1.29 is 8.42 Å². The van der Waals surface area contributed by atoms with E-state index in [4.69, 9.17) is 0 Å². The van der Waals surface area contributed by atoms with Crippen LogP contribution >= 0.6 is 0 Å². The minimum Gasteiger partial charge on any atom is -0.386 e. The van der Waals surface area contributed by atoms with Crippen LogP contribution in [0.3, 0.4) is 0 Å². The minimum absolute atomic E-state index is 0.0135. The quantitative estimate of drug-likeness (QED) is 0.763. The number of hydrogen-bond donors (Lipinski definition) is 2. The summed E-state index contributed by atoms with van der Waals surface area (Å²) in [4.78, 5) is 3.91. The van der Waals surface area contributed by atoms with Gasteiger partial charge in [-0.2, -0.15) is 0 Å². The summed E-state index contributed by atoms with van der Waals surface area (Å²) in [6, 6.07) is 3.33. The van der Waals surface area contributed by atoms with Gasteiger partial charge in [-0.3, -0.25) is 0 Å². The van der Waals surface area contributed by atoms with Crippen molar-refractivity contribution >= 4 is 15.7 Å². The lowest BCUT2D eigenvalue weighted by molar-refractivity contribution is 0.576. The van der Waals surface area contributed by atoms with Crippen LogP contribution < -0.4 is 10.0 Å². The maximum atomic E-state index is 12.2. The molecule has 0 radical (unpaired) electrons. The smallest absolute Gasteiger partial charge is 0.260 e. The van der Waals surface area contributed by atoms with Crippen LogP contribution in [-0.4, -0.2) is 41.8 Å². The SMILES string of the molecule is CNc1cccnc1S(=O)(=O)NCCc1nncn1C. The number of pyridine rings is 1. The number of nitrogens with one attached hydrogen (secondary N) is 2. The fraction of sp³-hybridized carbons (Fsp3) is 0.364. The predicted molar refractivity (Wildman–Crippen MR) is 73.7 cm³/mol. The first-order valence-corrected chi connectivity index (χ1v) is 7.48. The zero-order valence-electron chi connectivity index (χ0n) is 11.2. The van der Waals surface area contributed by atoms with Crippen molar-refractivity contribution in [3.05, 3.63) is 30.5 Å². The Kier molecular flexibility index (Phi) is 4.30. The van der Waals surface area contributed by atoms with Crippen molar-refractivity contribution in [3.63, 3.8) is 0 Å². The van der Waals surface area contributed by atoms with Gasteiger partial charge in [0, 0.05) is 33.3 Å². The zero-order valence-corrected chi connectivity index (χ0v) is 12.1. The Labute approximate surface area is 117 Å². The molecule has 0 spiro atoms. The maximum absolute atomic E-state index is 12.2. The van der Waals surface area contributed by atoms with Gasteiger partial charge in [0.25, 0.3) is 10.0 Å². The Morgan fingerprint density at radius 1 is 1.40 bits per heavy atom. The summed E-state index contributed by atoms with van der Waals surface area (Å²) in [5.41, 5.74) is 0.457. The average Bonchev–Trinajstić information content (AvgIpc) is 2.84. The molecule has 2 aromatic heterocycles. The summed E-state index contributed by atoms with van der Waals surface area (Å²) < 4.78 is 28.6. The second-order valence-corrected chi connectivity index (χ2v) is 5.79. The lowest BCUT2D eigenvalue weighted by Gasteiger charge is -2.09. The molecule has 20 heavy (non-hydrogen) atoms. The van der Waals surface area contributed by atoms with Crippen LogP contribution in [0.25, 0.3) is 0 Å². The highest BCUT2D eigenvalue weighted by molar-refractivity contribution is 7.89. The van der Waals surface area contributed by atoms with Crippen LogP contribution in [0.1, 0.15) is 5.82 Å². The number of anilines is 1. The monoisotopic (exact) mass is 296 g/mol. The Balaban J connectivity index is 2.06. The topological polar surface area (TPSA) is 102 Å². The second-order valence-electron chi connectivity index (χ2n) is 4.11. The van der Waals surface area contributed by atoms with Gasteiger partial charge in [0.15, 0.2) is 5.03 Å². The third-order valence-electron chi connectivity index (χ3n) is 2.74. The van der Waals surface area contributed by atoms with Crippen molar-refractivity contribution in [1.29, 1.82) is 0 Å². The molecule has 0 saturated carbocycles. The molecule has 0 saturated heterocycles. The van der Waals surface area contributed by atoms with E-state index < -0.39 is 10.0 Å². The first-order valence-electron chi connectivity index (χ1n) is 6.00. The number of hydrogen-bond acceptors (Lipinski definition) is 6. The molecule has 2 heterocycles. The fourth-order valence-electron chi connectivity index (χ4n) is 1.69. The average molecular weight is 296 g/mol. The molecule has 9 heteroatoms. The van der Waals surface area contributed by atoms with Crippen LogP contribution in [0.2, 0.25) is 0 Å². The maximum Gasteiger partial charge on any atom is 0.260 e. The molecule has 2 aromatic rings. The van der Waals surface area contributed by atoms with Crippen LogP contribution in [0.5, 0.6) is 0 Å². The van der Waals surface area contributed by atoms with Crippen molar-refractivity contribution in [2.75, 3.05) is 18.9 Å². The Hall–Kier alpha value is -2.00. The van der Waals surface area contributed by atoms with Gasteiger partial charge >= 0.3 is 0 Å². The van der Waals surface area contributed by atoms with E-state index >= 15 is 0 Å². The van der Waals surface area contributed by atoms with Gasteiger partial charge in [0.05, 0.1) is 5.69 Å². The number of rotatable bonds is 6. The van der Waals surface area contributed by atoms with Gasteiger partial charge in [0.2, 0.25) is 0 Å². The molecular weight excluding hydrogens is 280 g/mol. The highest BCUT2D eigenvalue weighted by atomic mass is 32.2. The molecule has 0 fully saturated rings. The van der Waals surface area contributed by atoms with E-state index in [2.05, 4.69) is 25.2 Å². The number of sulfonamides is 1. The molecule has 0 aliphatic rings. The third kappa shape index (κ3) is 3.11. The number of aryl methyl sites for hydroxylation is 1. The molecule has 0 amide bonds. The highest BCUT2D eigenvalue weighted by Gasteiger charge is 2.19. The highest BCUT2D eigenvalue weighted by Crippen LogP contribution is 2.16. The molecule has 0 aliphatic heterocycles. The molecular formula is C11H16N6O2S. The molecule has 0 aromatic carbocycles. The van der Waals surface area contributed by atoms with Crippen molar-refractivity contribution in [1.82, 2.24) is 24.5 Å². The molecule has 0 aliphatic carbocycles. The van der Waals surface area contributed by atoms with E-state index in [-0.39, 0.29) is 11.6 Å². The standard InChI is InChI=1S/C11H16N6O2S/c1-12-9-4-3-6-13-11(9)20(18,19)15-7-5-10-16-14-8-17(10)2/h3-4,6,8,12,15H,5,7H2,1-2H3. The lowest BCUT2D eigenvalue weighted by atomic mass is 10.4. The normalized spacial score (nSPS) is 11.5. The van der Waals surface area contributed by atoms with Gasteiger partial charge < -0.3 is 9.88 Å². The first-order chi connectivity index (χ1) is 9.54. The molecule has 8 nitrogen and oxygen atoms in total. The third-order valence-corrected chi connectivity index (χ3v) is 4.16. The zero-order chi connectivity index (χ0) is 14.6. The van der Waals surface area contributed by atoms with Crippen LogP contribution in [-0.2, 0) is 23.5 Å². The van der Waals surface area contributed by atoms with Crippen molar-refractivity contribution in [3.8, 4) is 0 Å². The fourth-order valence-corrected chi connectivity index (χ4v) is 2.86. The van der Waals surface area contributed by atoms with E-state index in [0.29, 0.717) is 17.9 Å². The predicted octanol–water partition coefficient (Wildman–Crippen LogP) is -0.227. The summed E-state index contributed by atoms with van der Waals surface area (Å²) >= 11 is 0. The van der Waals surface area contributed by atoms with Crippen LogP contribution in [0.15, 0.2) is 29.7 Å². The minimum atomic E-state index is -3.65. The molecule has 0 bridgehead atoms. The van der Waals surface area contributed by atoms with Gasteiger partial charge in [-0.05, 0) is 12.1 Å². The molecule has 2 rings (SSSR count). The van der Waals surface area contributed by atoms with E-state index in [9.17, 15) is 8.42 Å². The Bertz CT molecular complexity index is 682. The van der Waals surface area contributed by atoms with Crippen molar-refractivity contribution in [2.24, 2.45) is 7.05 Å². The van der Waals surface area contributed by atoms with Crippen molar-refractivity contribution in [2.45, 2.75) is 11.4 Å². The van der Waals surface area contributed by atoms with Crippen LogP contribution in [0.4, 0.5) is 5.69 Å². The first kappa shape index (κ1) is 14.4. The van der Waals surface area contributed by atoms with E-state index in [1.54, 1.807) is 30.1 Å². The van der Waals surface area contributed by atoms with Gasteiger partial charge in [-0.15, -0.1) is 10.2 Å². The molecule has 0 unspecified atom stereocenters. The molecule has 2 N–H and O–H groups in total. The summed E-state index contributed by atoms with van der Waals surface area (Å²) in [5.74, 6) is 0.711. The number of nitrogens with zero attached hydrogens (tertiary/aromatic N) is 4. The van der Waals surface area contributed by atoms with E-state index in [1.165, 1.54) is 6.20 Å². The summed E-state index contributed by atoms with van der Waals surface area (Å²) in [5, 5.41) is 10.4. The summed E-state index contributed by atoms with van der Waals surface area (Å²) in [6.45, 7) is 0.231. The van der Waals surface area contributed by atoms with Crippen LogP contribution in [0, 0.1) is 0 Å². The van der Waals surface area contributed by atoms with E-state index in [1.807, 2.05) is 7.05 Å². The second kappa shape index (κ2) is 5.97. The van der Waals surface area contributed by atoms with Gasteiger partial charge in [-0.25, -0.2) is 18.1 Å². The largest absolute Gasteiger partial charge is 0.386 e. The Morgan fingerprint density at radius 3 is 2.85 bits per heavy atom. The van der Waals surface area contributed by atoms with Gasteiger partial charge in [-0.1, -0.05) is 0 Å². The van der Waals surface area contributed by atoms with E-state index in [0.717, 1.165) is 0 Å². The molecule has 0 atom stereocenters. The number of aromatic nitrogens is 4. The summed E-state index contributed by atoms with van der Waals surface area (Å²) in [7, 11) is -0.195. The summed E-state index contributed by atoms with van der Waals surface area (Å²) in [6.07, 6.45) is 3.47. The lowest BCUT2D eigenvalue weighted by Crippen LogP contribution is -2.28. The molecule has 108 valence electrons. The Morgan fingerprint density at radius 2 is 2.20 bits per heavy atom. The van der Waals surface area contributed by atoms with Gasteiger partial charge in [0.1, 0.15) is 12.2 Å².